The second-order valence-corrected chi connectivity index (χ2v) is 8.63. The Morgan fingerprint density at radius 3 is 2.55 bits per heavy atom. The number of fused-ring (bicyclic) bond motifs is 1. The number of aromatic nitrogens is 2. The lowest BCUT2D eigenvalue weighted by molar-refractivity contribution is 0.159. The molecule has 4 rings (SSSR count). The molecule has 0 radical (unpaired) electrons. The number of likely N-dealkylation sites (tertiary alicyclic amines) is 1. The minimum Gasteiger partial charge on any atom is -0.354 e. The van der Waals surface area contributed by atoms with Gasteiger partial charge in [-0.25, -0.2) is 9.18 Å². The zero-order valence-corrected chi connectivity index (χ0v) is 17.4. The molecule has 29 heavy (non-hydrogen) atoms. The molecule has 2 saturated heterocycles. The number of hydrogen-bond donors (Lipinski definition) is 0. The van der Waals surface area contributed by atoms with Crippen LogP contribution < -0.4 is 4.90 Å². The number of carbonyl (C=O) groups excluding carboxylic acids is 1. The van der Waals surface area contributed by atoms with Crippen LogP contribution in [0.5, 0.6) is 0 Å². The van der Waals surface area contributed by atoms with E-state index in [0.717, 1.165) is 30.2 Å². The van der Waals surface area contributed by atoms with Crippen molar-refractivity contribution in [1.82, 2.24) is 20.0 Å². The normalized spacial score (nSPS) is 23.6. The third-order valence-electron chi connectivity index (χ3n) is 6.07. The largest absolute Gasteiger partial charge is 0.354 e. The van der Waals surface area contributed by atoms with Gasteiger partial charge in [0.25, 0.3) is 0 Å². The molecule has 1 aromatic carbocycles. The summed E-state index contributed by atoms with van der Waals surface area (Å²) in [5, 5.41) is 8.79. The maximum atomic E-state index is 14.0. The lowest BCUT2D eigenvalue weighted by atomic mass is 9.89. The Kier molecular flexibility index (Phi) is 5.15. The van der Waals surface area contributed by atoms with Gasteiger partial charge in [-0.3, -0.25) is 0 Å². The van der Waals surface area contributed by atoms with E-state index in [4.69, 9.17) is 0 Å². The lowest BCUT2D eigenvalue weighted by Gasteiger charge is -2.32. The van der Waals surface area contributed by atoms with Gasteiger partial charge in [0.05, 0.1) is 11.7 Å². The zero-order chi connectivity index (χ0) is 20.7. The molecule has 3 atom stereocenters. The molecule has 154 valence electrons. The van der Waals surface area contributed by atoms with Gasteiger partial charge >= 0.3 is 6.03 Å². The summed E-state index contributed by atoms with van der Waals surface area (Å²) in [7, 11) is 3.52. The minimum absolute atomic E-state index is 0.0266. The standard InChI is InChI=1S/C22H28FN5O/c1-14(2)19-8-9-20(25-24-19)27-11-16-12-28(22(29)26(3)4)21(18(16)13-27)15-6-5-7-17(23)10-15/h5-10,14,16,18,21H,11-13H2,1-4H3/t16-,18-,21+/m1/s1. The summed E-state index contributed by atoms with van der Waals surface area (Å²) < 4.78 is 14.0. The van der Waals surface area contributed by atoms with Crippen molar-refractivity contribution in [2.75, 3.05) is 38.6 Å². The summed E-state index contributed by atoms with van der Waals surface area (Å²) >= 11 is 0. The van der Waals surface area contributed by atoms with E-state index >= 15 is 0 Å². The third kappa shape index (κ3) is 3.66. The molecule has 3 heterocycles. The molecule has 6 nitrogen and oxygen atoms in total. The van der Waals surface area contributed by atoms with Crippen LogP contribution in [0.25, 0.3) is 0 Å². The lowest BCUT2D eigenvalue weighted by Crippen LogP contribution is -2.41. The highest BCUT2D eigenvalue weighted by Crippen LogP contribution is 2.46. The molecule has 2 fully saturated rings. The molecule has 1 aromatic heterocycles. The van der Waals surface area contributed by atoms with Crippen molar-refractivity contribution < 1.29 is 9.18 Å². The average Bonchev–Trinajstić information content (AvgIpc) is 3.25. The number of nitrogens with zero attached hydrogens (tertiary/aromatic N) is 5. The van der Waals surface area contributed by atoms with Crippen LogP contribution in [-0.2, 0) is 0 Å². The zero-order valence-electron chi connectivity index (χ0n) is 17.4. The molecule has 0 saturated carbocycles. The molecule has 0 aliphatic carbocycles. The van der Waals surface area contributed by atoms with Crippen LogP contribution >= 0.6 is 0 Å². The summed E-state index contributed by atoms with van der Waals surface area (Å²) in [5.74, 6) is 1.49. The fourth-order valence-corrected chi connectivity index (χ4v) is 4.62. The summed E-state index contributed by atoms with van der Waals surface area (Å²) in [6.07, 6.45) is 0. The van der Waals surface area contributed by atoms with Gasteiger partial charge in [0.2, 0.25) is 0 Å². The van der Waals surface area contributed by atoms with Gasteiger partial charge in [0.15, 0.2) is 5.82 Å². The topological polar surface area (TPSA) is 52.6 Å². The predicted octanol–water partition coefficient (Wildman–Crippen LogP) is 3.53. The van der Waals surface area contributed by atoms with Crippen molar-refractivity contribution in [2.45, 2.75) is 25.8 Å². The maximum absolute atomic E-state index is 14.0. The van der Waals surface area contributed by atoms with E-state index in [1.807, 2.05) is 23.1 Å². The monoisotopic (exact) mass is 397 g/mol. The number of anilines is 1. The second kappa shape index (κ2) is 7.61. The van der Waals surface area contributed by atoms with E-state index in [1.165, 1.54) is 6.07 Å². The van der Waals surface area contributed by atoms with E-state index < -0.39 is 0 Å². The first kappa shape index (κ1) is 19.6. The Bertz CT molecular complexity index is 885. The van der Waals surface area contributed by atoms with Crippen LogP contribution in [0, 0.1) is 17.7 Å². The Labute approximate surface area is 171 Å². The Hall–Kier alpha value is -2.70. The molecule has 2 aliphatic heterocycles. The fraction of sp³-hybridized carbons (Fsp3) is 0.500. The molecule has 7 heteroatoms. The SMILES string of the molecule is CC(C)c1ccc(N2C[C@@H]3CN(C(=O)N(C)C)[C@@H](c4cccc(F)c4)[C@@H]3C2)nn1. The number of carbonyl (C=O) groups is 1. The number of benzene rings is 1. The molecule has 0 spiro atoms. The minimum atomic E-state index is -0.270. The number of hydrogen-bond acceptors (Lipinski definition) is 4. The van der Waals surface area contributed by atoms with Gasteiger partial charge in [-0.2, -0.15) is 5.10 Å². The molecular weight excluding hydrogens is 369 g/mol. The number of rotatable bonds is 3. The second-order valence-electron chi connectivity index (χ2n) is 8.63. The molecule has 0 unspecified atom stereocenters. The van der Waals surface area contributed by atoms with Crippen LogP contribution in [0.3, 0.4) is 0 Å². The van der Waals surface area contributed by atoms with E-state index in [0.29, 0.717) is 18.4 Å². The first-order valence-corrected chi connectivity index (χ1v) is 10.2. The van der Waals surface area contributed by atoms with E-state index in [1.54, 1.807) is 31.1 Å². The number of amides is 2. The first-order valence-electron chi connectivity index (χ1n) is 10.2. The first-order chi connectivity index (χ1) is 13.8. The summed E-state index contributed by atoms with van der Waals surface area (Å²) in [5.41, 5.74) is 1.84. The van der Waals surface area contributed by atoms with Gasteiger partial charge in [-0.15, -0.1) is 5.10 Å². The highest BCUT2D eigenvalue weighted by atomic mass is 19.1. The maximum Gasteiger partial charge on any atom is 0.320 e. The van der Waals surface area contributed by atoms with Crippen LogP contribution in [0.2, 0.25) is 0 Å². The predicted molar refractivity (Wildman–Crippen MR) is 110 cm³/mol. The molecule has 0 bridgehead atoms. The van der Waals surface area contributed by atoms with Gasteiger partial charge in [0.1, 0.15) is 5.82 Å². The Morgan fingerprint density at radius 2 is 1.93 bits per heavy atom. The van der Waals surface area contributed by atoms with Crippen molar-refractivity contribution in [3.05, 3.63) is 53.5 Å². The van der Waals surface area contributed by atoms with Crippen LogP contribution in [0.1, 0.15) is 37.1 Å². The smallest absolute Gasteiger partial charge is 0.320 e. The van der Waals surface area contributed by atoms with E-state index in [2.05, 4.69) is 28.9 Å². The van der Waals surface area contributed by atoms with E-state index in [-0.39, 0.29) is 23.8 Å². The summed E-state index contributed by atoms with van der Waals surface area (Å²) in [6.45, 7) is 6.47. The van der Waals surface area contributed by atoms with Gasteiger partial charge < -0.3 is 14.7 Å². The molecular formula is C22H28FN5O. The Morgan fingerprint density at radius 1 is 1.14 bits per heavy atom. The molecule has 2 aliphatic rings. The number of urea groups is 1. The number of halogens is 1. The molecule has 0 N–H and O–H groups in total. The highest BCUT2D eigenvalue weighted by molar-refractivity contribution is 5.75. The van der Waals surface area contributed by atoms with Crippen molar-refractivity contribution >= 4 is 11.8 Å². The van der Waals surface area contributed by atoms with Crippen LogP contribution in [0.15, 0.2) is 36.4 Å². The summed E-state index contributed by atoms with van der Waals surface area (Å²) in [6, 6.07) is 10.5. The van der Waals surface area contributed by atoms with Crippen LogP contribution in [-0.4, -0.2) is 59.8 Å². The Balaban J connectivity index is 1.61. The molecule has 2 amide bonds. The van der Waals surface area contributed by atoms with Gasteiger partial charge in [0, 0.05) is 45.6 Å². The van der Waals surface area contributed by atoms with Crippen molar-refractivity contribution in [1.29, 1.82) is 0 Å². The van der Waals surface area contributed by atoms with Crippen molar-refractivity contribution in [3.63, 3.8) is 0 Å². The quantitative estimate of drug-likeness (QED) is 0.795. The van der Waals surface area contributed by atoms with Gasteiger partial charge in [-0.05, 0) is 35.7 Å². The van der Waals surface area contributed by atoms with E-state index in [9.17, 15) is 9.18 Å². The molecule has 2 aromatic rings. The highest BCUT2D eigenvalue weighted by Gasteiger charge is 2.49. The van der Waals surface area contributed by atoms with Crippen molar-refractivity contribution in [2.24, 2.45) is 11.8 Å². The fourth-order valence-electron chi connectivity index (χ4n) is 4.62. The van der Waals surface area contributed by atoms with Crippen molar-refractivity contribution in [3.8, 4) is 0 Å². The van der Waals surface area contributed by atoms with Gasteiger partial charge in [-0.1, -0.05) is 26.0 Å². The third-order valence-corrected chi connectivity index (χ3v) is 6.07. The van der Waals surface area contributed by atoms with Crippen LogP contribution in [0.4, 0.5) is 15.0 Å². The summed E-state index contributed by atoms with van der Waals surface area (Å²) in [4.78, 5) is 18.6. The average molecular weight is 397 g/mol.